The lowest BCUT2D eigenvalue weighted by Crippen LogP contribution is -2.65. The number of ketones is 2. The average Bonchev–Trinajstić information content (AvgIpc) is 3.03. The number of nitrogens with two attached hydrogens (primary N) is 1. The van der Waals surface area contributed by atoms with Gasteiger partial charge in [0.1, 0.15) is 11.5 Å². The quantitative estimate of drug-likeness (QED) is 0.372. The summed E-state index contributed by atoms with van der Waals surface area (Å²) in [6, 6.07) is 2.02. The summed E-state index contributed by atoms with van der Waals surface area (Å²) in [5.74, 6) is -2.35. The van der Waals surface area contributed by atoms with E-state index in [0.29, 0.717) is 25.7 Å². The number of ether oxygens (including phenoxy) is 1. The van der Waals surface area contributed by atoms with Gasteiger partial charge in [-0.25, -0.2) is 0 Å². The van der Waals surface area contributed by atoms with E-state index in [1.165, 1.54) is 7.11 Å². The van der Waals surface area contributed by atoms with Crippen molar-refractivity contribution in [2.45, 2.75) is 92.9 Å². The first kappa shape index (κ1) is 28.8. The van der Waals surface area contributed by atoms with Crippen molar-refractivity contribution in [3.05, 3.63) is 23.3 Å². The van der Waals surface area contributed by atoms with Gasteiger partial charge >= 0.3 is 5.97 Å². The van der Waals surface area contributed by atoms with E-state index in [9.17, 15) is 24.4 Å². The number of hydrogen-bond acceptors (Lipinski definition) is 6. The first-order valence-corrected chi connectivity index (χ1v) is 14.8. The van der Waals surface area contributed by atoms with Crippen molar-refractivity contribution in [3.63, 3.8) is 0 Å². The summed E-state index contributed by atoms with van der Waals surface area (Å²) in [6.07, 6.45) is 9.47. The van der Waals surface area contributed by atoms with Gasteiger partial charge in [0.05, 0.1) is 18.1 Å². The fourth-order valence-corrected chi connectivity index (χ4v) is 10.3. The molecule has 0 aromatic carbocycles. The summed E-state index contributed by atoms with van der Waals surface area (Å²) in [5, 5.41) is 9.91. The molecule has 7 heteroatoms. The van der Waals surface area contributed by atoms with Crippen LogP contribution in [-0.2, 0) is 23.9 Å². The maximum Gasteiger partial charge on any atom is 0.312 e. The second-order valence-electron chi connectivity index (χ2n) is 15.1. The number of amides is 1. The van der Waals surface area contributed by atoms with Gasteiger partial charge in [0, 0.05) is 11.3 Å². The molecule has 0 heterocycles. The van der Waals surface area contributed by atoms with Crippen LogP contribution in [0.4, 0.5) is 0 Å². The summed E-state index contributed by atoms with van der Waals surface area (Å²) >= 11 is 0. The Hall–Kier alpha value is -2.75. The molecule has 216 valence electrons. The molecule has 8 atom stereocenters. The molecule has 40 heavy (non-hydrogen) atoms. The van der Waals surface area contributed by atoms with E-state index in [1.54, 1.807) is 19.1 Å². The largest absolute Gasteiger partial charge is 0.469 e. The highest BCUT2D eigenvalue weighted by molar-refractivity contribution is 6.16. The number of carbonyl (C=O) groups excluding carboxylic acids is 4. The molecule has 0 radical (unpaired) electrons. The van der Waals surface area contributed by atoms with Crippen LogP contribution >= 0.6 is 0 Å². The fourth-order valence-electron chi connectivity index (χ4n) is 10.3. The smallest absolute Gasteiger partial charge is 0.312 e. The Morgan fingerprint density at radius 3 is 2.23 bits per heavy atom. The van der Waals surface area contributed by atoms with Crippen molar-refractivity contribution >= 4 is 23.4 Å². The Balaban J connectivity index is 1.71. The minimum absolute atomic E-state index is 0.0131. The third-order valence-electron chi connectivity index (χ3n) is 13.0. The van der Waals surface area contributed by atoms with Gasteiger partial charge in [-0.15, -0.1) is 0 Å². The van der Waals surface area contributed by atoms with Crippen LogP contribution in [0, 0.1) is 61.6 Å². The van der Waals surface area contributed by atoms with Crippen molar-refractivity contribution in [2.75, 3.05) is 7.11 Å². The second-order valence-corrected chi connectivity index (χ2v) is 15.1. The normalized spacial score (nSPS) is 45.7. The number of nitriles is 1. The Labute approximate surface area is 238 Å². The number of fused-ring (bicyclic) bond motifs is 7. The molecule has 0 spiro atoms. The summed E-state index contributed by atoms with van der Waals surface area (Å²) in [4.78, 5) is 54.2. The van der Waals surface area contributed by atoms with Gasteiger partial charge in [-0.3, -0.25) is 19.2 Å². The molecule has 0 aromatic heterocycles. The lowest BCUT2D eigenvalue weighted by molar-refractivity contribution is -0.180. The molecule has 0 bridgehead atoms. The number of allylic oxidation sites excluding steroid dienone is 4. The summed E-state index contributed by atoms with van der Waals surface area (Å²) in [5.41, 5.74) is 2.84. The average molecular weight is 549 g/mol. The van der Waals surface area contributed by atoms with Crippen molar-refractivity contribution in [2.24, 2.45) is 56.0 Å². The number of hydrogen-bond donors (Lipinski definition) is 1. The van der Waals surface area contributed by atoms with E-state index >= 15 is 0 Å². The molecule has 2 N–H and O–H groups in total. The van der Waals surface area contributed by atoms with E-state index in [4.69, 9.17) is 10.5 Å². The number of carbonyl (C=O) groups is 4. The highest BCUT2D eigenvalue weighted by Gasteiger charge is 2.71. The Kier molecular flexibility index (Phi) is 6.21. The number of rotatable bonds is 2. The molecular formula is C33H44N2O5. The molecule has 5 aliphatic rings. The van der Waals surface area contributed by atoms with Crippen molar-refractivity contribution in [1.29, 1.82) is 5.26 Å². The number of esters is 1. The minimum atomic E-state index is -1.53. The summed E-state index contributed by atoms with van der Waals surface area (Å²) in [7, 11) is 1.46. The Morgan fingerprint density at radius 1 is 0.975 bits per heavy atom. The molecule has 0 saturated heterocycles. The van der Waals surface area contributed by atoms with E-state index in [0.717, 1.165) is 31.3 Å². The van der Waals surface area contributed by atoms with E-state index in [2.05, 4.69) is 27.7 Å². The van der Waals surface area contributed by atoms with Crippen LogP contribution < -0.4 is 5.73 Å². The molecule has 0 aromatic rings. The highest BCUT2D eigenvalue weighted by Crippen LogP contribution is 2.74. The number of methoxy groups -OCH3 is 1. The monoisotopic (exact) mass is 548 g/mol. The van der Waals surface area contributed by atoms with E-state index < -0.39 is 44.7 Å². The highest BCUT2D eigenvalue weighted by atomic mass is 16.5. The van der Waals surface area contributed by atoms with Gasteiger partial charge in [0.25, 0.3) is 0 Å². The zero-order valence-corrected chi connectivity index (χ0v) is 25.1. The molecule has 0 aliphatic heterocycles. The number of Topliss-reactive ketones (excluding diaryl/α,β-unsaturated/α-hetero) is 1. The zero-order valence-electron chi connectivity index (χ0n) is 25.1. The van der Waals surface area contributed by atoms with E-state index in [-0.39, 0.29) is 34.6 Å². The third-order valence-corrected chi connectivity index (χ3v) is 13.0. The van der Waals surface area contributed by atoms with Crippen LogP contribution in [-0.4, -0.2) is 30.6 Å². The summed E-state index contributed by atoms with van der Waals surface area (Å²) < 4.78 is 5.44. The van der Waals surface area contributed by atoms with Crippen LogP contribution in [0.5, 0.6) is 0 Å². The predicted octanol–water partition coefficient (Wildman–Crippen LogP) is 5.23. The maximum absolute atomic E-state index is 14.5. The van der Waals surface area contributed by atoms with Crippen molar-refractivity contribution in [3.8, 4) is 6.07 Å². The summed E-state index contributed by atoms with van der Waals surface area (Å²) in [6.45, 7) is 12.5. The lowest BCUT2D eigenvalue weighted by atomic mass is 9.35. The Bertz CT molecular complexity index is 1320. The van der Waals surface area contributed by atoms with Crippen LogP contribution in [0.15, 0.2) is 23.3 Å². The van der Waals surface area contributed by atoms with Gasteiger partial charge < -0.3 is 10.5 Å². The topological polar surface area (TPSA) is 127 Å². The molecule has 5 aliphatic carbocycles. The second kappa shape index (κ2) is 8.63. The predicted molar refractivity (Wildman–Crippen MR) is 149 cm³/mol. The first-order chi connectivity index (χ1) is 18.5. The third kappa shape index (κ3) is 3.34. The Morgan fingerprint density at radius 2 is 1.62 bits per heavy atom. The molecule has 3 saturated carbocycles. The molecule has 1 amide bonds. The van der Waals surface area contributed by atoms with Crippen LogP contribution in [0.1, 0.15) is 92.9 Å². The first-order valence-electron chi connectivity index (χ1n) is 14.8. The van der Waals surface area contributed by atoms with Crippen molar-refractivity contribution in [1.82, 2.24) is 0 Å². The van der Waals surface area contributed by atoms with Crippen LogP contribution in [0.3, 0.4) is 0 Å². The molecule has 3 unspecified atom stereocenters. The molecule has 3 fully saturated rings. The molecule has 7 nitrogen and oxygen atoms in total. The molecular weight excluding hydrogens is 504 g/mol. The standard InChI is InChI=1S/C33H44N2O5/c1-28(2)10-8-20-24-21(36)16-23-29(3)17-19(18-34)25(37)32(6,26(35)38)22(29)9-11-30(23,4)31(24,5)13-15-33(20,14-12-28)27(39)40-7/h16-17,20,22,24H,8-15H2,1-7H3,(H2,35,38)/t20?,22?,24?,29-,30+,31+,32-,33-/m0/s1. The maximum atomic E-state index is 14.5. The lowest BCUT2D eigenvalue weighted by Gasteiger charge is -2.67. The van der Waals surface area contributed by atoms with Gasteiger partial charge in [-0.2, -0.15) is 5.26 Å². The van der Waals surface area contributed by atoms with Gasteiger partial charge in [-0.1, -0.05) is 46.3 Å². The van der Waals surface area contributed by atoms with Crippen LogP contribution in [0.2, 0.25) is 0 Å². The van der Waals surface area contributed by atoms with Crippen molar-refractivity contribution < 1.29 is 23.9 Å². The number of nitrogens with zero attached hydrogens (tertiary/aromatic N) is 1. The van der Waals surface area contributed by atoms with Gasteiger partial charge in [0.2, 0.25) is 5.91 Å². The van der Waals surface area contributed by atoms with Gasteiger partial charge in [-0.05, 0) is 92.4 Å². The van der Waals surface area contributed by atoms with Gasteiger partial charge in [0.15, 0.2) is 11.6 Å². The van der Waals surface area contributed by atoms with Crippen LogP contribution in [0.25, 0.3) is 0 Å². The minimum Gasteiger partial charge on any atom is -0.469 e. The zero-order chi connectivity index (χ0) is 29.7. The fraction of sp³-hybridized carbons (Fsp3) is 0.727. The van der Waals surface area contributed by atoms with E-state index in [1.807, 2.05) is 13.0 Å². The number of primary amides is 1. The molecule has 5 rings (SSSR count). The SMILES string of the molecule is COC(=O)[C@]12CCC(C)(C)CCC1C1C(=O)C=C3[C@@]4(C)C=C(C#N)C(=O)[C@@](C)(C(N)=O)C4CC[C@@]3(C)[C@]1(C)CC2.